The van der Waals surface area contributed by atoms with E-state index in [0.29, 0.717) is 5.92 Å². The van der Waals surface area contributed by atoms with Gasteiger partial charge < -0.3 is 25.7 Å². The van der Waals surface area contributed by atoms with Crippen LogP contribution in [-0.4, -0.2) is 46.0 Å². The molecule has 130 valence electrons. The number of carbonyl (C=O) groups is 2. The van der Waals surface area contributed by atoms with E-state index in [-0.39, 0.29) is 11.5 Å². The highest BCUT2D eigenvalue weighted by Crippen LogP contribution is 2.28. The molecule has 0 aliphatic rings. The van der Waals surface area contributed by atoms with Crippen molar-refractivity contribution in [3.8, 4) is 11.5 Å². The molecule has 0 unspecified atom stereocenters. The minimum Gasteiger partial charge on any atom is -0.504 e. The van der Waals surface area contributed by atoms with Crippen LogP contribution in [0.4, 0.5) is 0 Å². The van der Waals surface area contributed by atoms with Gasteiger partial charge in [0.1, 0.15) is 0 Å². The van der Waals surface area contributed by atoms with Crippen molar-refractivity contribution in [2.75, 3.05) is 13.6 Å². The predicted molar refractivity (Wildman–Crippen MR) is 85.7 cm³/mol. The first-order chi connectivity index (χ1) is 10.6. The molecule has 0 spiro atoms. The van der Waals surface area contributed by atoms with E-state index >= 15 is 0 Å². The Bertz CT molecular complexity index is 513. The van der Waals surface area contributed by atoms with Gasteiger partial charge in [-0.1, -0.05) is 26.8 Å². The first kappa shape index (κ1) is 20.7. The third-order valence-corrected chi connectivity index (χ3v) is 3.61. The Kier molecular flexibility index (Phi) is 8.72. The van der Waals surface area contributed by atoms with Crippen LogP contribution in [0.2, 0.25) is 0 Å². The molecule has 0 aliphatic heterocycles. The Morgan fingerprint density at radius 3 is 1.83 bits per heavy atom. The predicted octanol–water partition coefficient (Wildman–Crippen LogP) is 1.85. The molecule has 0 radical (unpaired) electrons. The number of nitrogens with one attached hydrogen (secondary N) is 1. The van der Waals surface area contributed by atoms with Gasteiger partial charge in [0.15, 0.2) is 11.5 Å². The van der Waals surface area contributed by atoms with Crippen molar-refractivity contribution >= 4 is 11.9 Å². The molecule has 1 rings (SSSR count). The summed E-state index contributed by atoms with van der Waals surface area (Å²) in [4.78, 5) is 20.4. The molecular weight excluding hydrogens is 302 g/mol. The van der Waals surface area contributed by atoms with Crippen molar-refractivity contribution in [1.82, 2.24) is 5.32 Å². The van der Waals surface area contributed by atoms with Crippen molar-refractivity contribution < 1.29 is 30.0 Å². The van der Waals surface area contributed by atoms with Crippen molar-refractivity contribution in [2.24, 2.45) is 11.8 Å². The molecule has 1 aromatic carbocycles. The summed E-state index contributed by atoms with van der Waals surface area (Å²) in [6, 6.07) is 4.92. The molecule has 5 N–H and O–H groups in total. The molecule has 23 heavy (non-hydrogen) atoms. The summed E-state index contributed by atoms with van der Waals surface area (Å²) in [6.07, 6.45) is 0. The Hall–Kier alpha value is -2.28. The lowest BCUT2D eigenvalue weighted by Crippen LogP contribution is -2.24. The summed E-state index contributed by atoms with van der Waals surface area (Å²) < 4.78 is 0. The summed E-state index contributed by atoms with van der Waals surface area (Å²) in [7, 11) is 1.89. The Morgan fingerprint density at radius 1 is 1.00 bits per heavy atom. The number of likely N-dealkylation sites (N-methyl/N-ethyl adjacent to an activating group) is 1. The van der Waals surface area contributed by atoms with Gasteiger partial charge in [-0.15, -0.1) is 0 Å². The number of hydrogen-bond acceptors (Lipinski definition) is 5. The normalized spacial score (nSPS) is 14.1. The molecule has 0 bridgehead atoms. The molecule has 7 heteroatoms. The van der Waals surface area contributed by atoms with Crippen LogP contribution in [0.5, 0.6) is 11.5 Å². The SMILES string of the molecule is CNC[C@@H](C)c1ccc(O)c(O)c1.C[C@H](C(=O)O)[C@H](C)C(=O)O. The quantitative estimate of drug-likeness (QED) is 0.504. The Morgan fingerprint density at radius 2 is 1.48 bits per heavy atom. The second-order valence-electron chi connectivity index (χ2n) is 5.46. The first-order valence-corrected chi connectivity index (χ1v) is 7.23. The van der Waals surface area contributed by atoms with Crippen molar-refractivity contribution in [1.29, 1.82) is 0 Å². The third-order valence-electron chi connectivity index (χ3n) is 3.61. The van der Waals surface area contributed by atoms with Gasteiger partial charge in [0, 0.05) is 6.54 Å². The molecule has 0 saturated heterocycles. The fraction of sp³-hybridized carbons (Fsp3) is 0.500. The highest BCUT2D eigenvalue weighted by atomic mass is 16.4. The fourth-order valence-electron chi connectivity index (χ4n) is 1.70. The van der Waals surface area contributed by atoms with Crippen LogP contribution < -0.4 is 5.32 Å². The number of aliphatic carboxylic acids is 2. The summed E-state index contributed by atoms with van der Waals surface area (Å²) >= 11 is 0. The second kappa shape index (κ2) is 9.68. The zero-order valence-corrected chi connectivity index (χ0v) is 13.8. The van der Waals surface area contributed by atoms with E-state index in [1.165, 1.54) is 19.9 Å². The Labute approximate surface area is 135 Å². The zero-order valence-electron chi connectivity index (χ0n) is 13.8. The largest absolute Gasteiger partial charge is 0.504 e. The number of rotatable bonds is 6. The molecular formula is C16H25NO6. The van der Waals surface area contributed by atoms with Crippen LogP contribution in [0.15, 0.2) is 18.2 Å². The maximum Gasteiger partial charge on any atom is 0.307 e. The van der Waals surface area contributed by atoms with Gasteiger partial charge in [-0.05, 0) is 30.7 Å². The molecule has 7 nitrogen and oxygen atoms in total. The molecule has 3 atom stereocenters. The highest BCUT2D eigenvalue weighted by Gasteiger charge is 2.24. The number of benzene rings is 1. The number of phenols is 2. The molecule has 1 aromatic rings. The summed E-state index contributed by atoms with van der Waals surface area (Å²) in [5, 5.41) is 38.1. The van der Waals surface area contributed by atoms with Crippen LogP contribution in [0.25, 0.3) is 0 Å². The van der Waals surface area contributed by atoms with Gasteiger partial charge in [0.25, 0.3) is 0 Å². The molecule has 0 aliphatic carbocycles. The van der Waals surface area contributed by atoms with Crippen LogP contribution in [0.1, 0.15) is 32.3 Å². The van der Waals surface area contributed by atoms with E-state index in [1.807, 2.05) is 13.1 Å². The Balaban J connectivity index is 0.000000438. The van der Waals surface area contributed by atoms with E-state index in [4.69, 9.17) is 15.3 Å². The lowest BCUT2D eigenvalue weighted by atomic mass is 9.97. The van der Waals surface area contributed by atoms with E-state index in [0.717, 1.165) is 12.1 Å². The number of carboxylic acids is 2. The van der Waals surface area contributed by atoms with Crippen molar-refractivity contribution in [3.63, 3.8) is 0 Å². The smallest absolute Gasteiger partial charge is 0.307 e. The van der Waals surface area contributed by atoms with Gasteiger partial charge in [-0.2, -0.15) is 0 Å². The molecule has 0 fully saturated rings. The van der Waals surface area contributed by atoms with E-state index in [9.17, 15) is 14.7 Å². The average molecular weight is 327 g/mol. The van der Waals surface area contributed by atoms with E-state index < -0.39 is 23.8 Å². The van der Waals surface area contributed by atoms with Gasteiger partial charge in [0.05, 0.1) is 11.8 Å². The van der Waals surface area contributed by atoms with Crippen molar-refractivity contribution in [3.05, 3.63) is 23.8 Å². The topological polar surface area (TPSA) is 127 Å². The lowest BCUT2D eigenvalue weighted by molar-refractivity contribution is -0.152. The zero-order chi connectivity index (χ0) is 18.2. The highest BCUT2D eigenvalue weighted by molar-refractivity contribution is 5.79. The van der Waals surface area contributed by atoms with Crippen molar-refractivity contribution in [2.45, 2.75) is 26.7 Å². The summed E-state index contributed by atoms with van der Waals surface area (Å²) in [5.74, 6) is -3.59. The van der Waals surface area contributed by atoms with E-state index in [1.54, 1.807) is 6.07 Å². The maximum absolute atomic E-state index is 10.2. The maximum atomic E-state index is 10.2. The molecule has 0 heterocycles. The average Bonchev–Trinajstić information content (AvgIpc) is 2.49. The van der Waals surface area contributed by atoms with Gasteiger partial charge in [-0.3, -0.25) is 9.59 Å². The number of aromatic hydroxyl groups is 2. The minimum atomic E-state index is -1.07. The third kappa shape index (κ3) is 7.01. The van der Waals surface area contributed by atoms with Crippen LogP contribution in [0, 0.1) is 11.8 Å². The monoisotopic (exact) mass is 327 g/mol. The summed E-state index contributed by atoms with van der Waals surface area (Å²) in [6.45, 7) is 5.66. The molecule has 0 amide bonds. The molecule has 0 aromatic heterocycles. The van der Waals surface area contributed by atoms with Crippen LogP contribution in [-0.2, 0) is 9.59 Å². The van der Waals surface area contributed by atoms with Gasteiger partial charge >= 0.3 is 11.9 Å². The van der Waals surface area contributed by atoms with Crippen LogP contribution >= 0.6 is 0 Å². The fourth-order valence-corrected chi connectivity index (χ4v) is 1.70. The minimum absolute atomic E-state index is 0.0551. The van der Waals surface area contributed by atoms with E-state index in [2.05, 4.69) is 12.2 Å². The molecule has 0 saturated carbocycles. The number of carboxylic acid groups (broad SMARTS) is 2. The number of hydrogen-bond donors (Lipinski definition) is 5. The summed E-state index contributed by atoms with van der Waals surface area (Å²) in [5.41, 5.74) is 1.02. The van der Waals surface area contributed by atoms with Gasteiger partial charge in [-0.25, -0.2) is 0 Å². The lowest BCUT2D eigenvalue weighted by Gasteiger charge is -2.11. The van der Waals surface area contributed by atoms with Gasteiger partial charge in [0.2, 0.25) is 0 Å². The number of phenolic OH excluding ortho intramolecular Hbond substituents is 2. The van der Waals surface area contributed by atoms with Crippen LogP contribution in [0.3, 0.4) is 0 Å². The first-order valence-electron chi connectivity index (χ1n) is 7.23. The standard InChI is InChI=1S/C10H15NO2.C6H10O4/c1-7(6-11-2)8-3-4-9(12)10(13)5-8;1-3(5(7)8)4(2)6(9)10/h3-5,7,11-13H,6H2,1-2H3;3-4H,1-2H3,(H,7,8)(H,9,10)/t7-;3-,4-/m10/s1. The second-order valence-corrected chi connectivity index (χ2v) is 5.46.